The molecule has 0 saturated heterocycles. The predicted molar refractivity (Wildman–Crippen MR) is 91.5 cm³/mol. The fraction of sp³-hybridized carbons (Fsp3) is 0.706. The Hall–Kier alpha value is -0.910. The average molecular weight is 327 g/mol. The van der Waals surface area contributed by atoms with E-state index in [1.165, 1.54) is 11.3 Å². The Morgan fingerprint density at radius 2 is 2.05 bits per heavy atom. The Labute approximate surface area is 138 Å². The molecule has 0 radical (unpaired) electrons. The van der Waals surface area contributed by atoms with Crippen molar-refractivity contribution in [3.8, 4) is 0 Å². The van der Waals surface area contributed by atoms with Crippen LogP contribution in [0.3, 0.4) is 0 Å². The molecule has 4 nitrogen and oxygen atoms in total. The fourth-order valence-electron chi connectivity index (χ4n) is 2.30. The van der Waals surface area contributed by atoms with Crippen LogP contribution in [0.15, 0.2) is 12.1 Å². The van der Waals surface area contributed by atoms with Crippen molar-refractivity contribution in [3.05, 3.63) is 21.9 Å². The largest absolute Gasteiger partial charge is 0.462 e. The van der Waals surface area contributed by atoms with Gasteiger partial charge in [-0.05, 0) is 52.3 Å². The Balaban J connectivity index is 2.58. The minimum absolute atomic E-state index is 0.0963. The maximum absolute atomic E-state index is 11.8. The summed E-state index contributed by atoms with van der Waals surface area (Å²) in [6.07, 6.45) is 0.940. The number of hydrogen-bond donors (Lipinski definition) is 1. The highest BCUT2D eigenvalue weighted by Gasteiger charge is 2.21. The number of aliphatic hydroxyl groups is 1. The van der Waals surface area contributed by atoms with E-state index in [0.29, 0.717) is 17.9 Å². The third-order valence-electron chi connectivity index (χ3n) is 3.60. The molecule has 5 heteroatoms. The molecule has 1 atom stereocenters. The molecule has 0 spiro atoms. The lowest BCUT2D eigenvalue weighted by Crippen LogP contribution is -2.42. The number of esters is 1. The molecule has 1 unspecified atom stereocenters. The number of nitrogens with zero attached hydrogens (tertiary/aromatic N) is 1. The number of hydrogen-bond acceptors (Lipinski definition) is 5. The first-order valence-corrected chi connectivity index (χ1v) is 8.81. The summed E-state index contributed by atoms with van der Waals surface area (Å²) in [5, 5.41) is 10.3. The van der Waals surface area contributed by atoms with Crippen molar-refractivity contribution in [2.45, 2.75) is 59.1 Å². The Kier molecular flexibility index (Phi) is 7.53. The minimum Gasteiger partial charge on any atom is -0.462 e. The van der Waals surface area contributed by atoms with E-state index in [1.807, 2.05) is 13.0 Å². The summed E-state index contributed by atoms with van der Waals surface area (Å²) in [7, 11) is 0. The van der Waals surface area contributed by atoms with E-state index in [-0.39, 0.29) is 11.5 Å². The van der Waals surface area contributed by atoms with Gasteiger partial charge in [-0.15, -0.1) is 11.3 Å². The zero-order valence-electron chi connectivity index (χ0n) is 14.4. The molecule has 1 aromatic heterocycles. The predicted octanol–water partition coefficient (Wildman–Crippen LogP) is 3.86. The molecule has 1 heterocycles. The van der Waals surface area contributed by atoms with Crippen LogP contribution >= 0.6 is 11.3 Å². The maximum Gasteiger partial charge on any atom is 0.348 e. The van der Waals surface area contributed by atoms with Crippen LogP contribution in [0.1, 0.15) is 68.1 Å². The van der Waals surface area contributed by atoms with E-state index in [2.05, 4.69) is 32.6 Å². The van der Waals surface area contributed by atoms with Gasteiger partial charge >= 0.3 is 5.97 Å². The number of rotatable bonds is 8. The first-order valence-electron chi connectivity index (χ1n) is 7.99. The second-order valence-corrected chi connectivity index (χ2v) is 7.51. The molecule has 0 aliphatic heterocycles. The Morgan fingerprint density at radius 1 is 1.36 bits per heavy atom. The van der Waals surface area contributed by atoms with Crippen LogP contribution in [0.25, 0.3) is 0 Å². The van der Waals surface area contributed by atoms with Gasteiger partial charge in [-0.3, -0.25) is 4.90 Å². The summed E-state index contributed by atoms with van der Waals surface area (Å²) in [4.78, 5) is 15.5. The van der Waals surface area contributed by atoms with Gasteiger partial charge in [-0.1, -0.05) is 13.8 Å². The Morgan fingerprint density at radius 3 is 2.59 bits per heavy atom. The van der Waals surface area contributed by atoms with Crippen LogP contribution in [0.2, 0.25) is 0 Å². The highest BCUT2D eigenvalue weighted by molar-refractivity contribution is 7.14. The molecule has 0 saturated carbocycles. The van der Waals surface area contributed by atoms with Crippen LogP contribution in [0.5, 0.6) is 0 Å². The molecule has 1 rings (SSSR count). The van der Waals surface area contributed by atoms with E-state index in [0.717, 1.165) is 24.4 Å². The Bertz CT molecular complexity index is 465. The molecule has 1 aromatic rings. The van der Waals surface area contributed by atoms with Crippen molar-refractivity contribution in [1.29, 1.82) is 0 Å². The molecule has 0 amide bonds. The minimum atomic E-state index is -0.533. The van der Waals surface area contributed by atoms with Gasteiger partial charge < -0.3 is 9.84 Å². The summed E-state index contributed by atoms with van der Waals surface area (Å²) in [5.74, 6) is -0.296. The van der Waals surface area contributed by atoms with Crippen molar-refractivity contribution in [1.82, 2.24) is 4.90 Å². The summed E-state index contributed by atoms with van der Waals surface area (Å²) >= 11 is 1.32. The van der Waals surface area contributed by atoms with Crippen molar-refractivity contribution in [2.75, 3.05) is 19.7 Å². The highest BCUT2D eigenvalue weighted by Crippen LogP contribution is 2.27. The molecule has 0 aliphatic carbocycles. The van der Waals surface area contributed by atoms with Gasteiger partial charge in [0, 0.05) is 17.0 Å². The molecule has 0 aromatic carbocycles. The van der Waals surface area contributed by atoms with Gasteiger partial charge in [-0.2, -0.15) is 0 Å². The van der Waals surface area contributed by atoms with Crippen molar-refractivity contribution < 1.29 is 14.6 Å². The first-order chi connectivity index (χ1) is 10.3. The van der Waals surface area contributed by atoms with Gasteiger partial charge in [0.05, 0.1) is 12.7 Å². The van der Waals surface area contributed by atoms with Crippen LogP contribution in [0.4, 0.5) is 0 Å². The van der Waals surface area contributed by atoms with E-state index < -0.39 is 6.10 Å². The normalized spacial score (nSPS) is 13.4. The number of aliphatic hydroxyl groups excluding tert-OH is 1. The maximum atomic E-state index is 11.8. The molecule has 1 N–H and O–H groups in total. The summed E-state index contributed by atoms with van der Waals surface area (Å²) in [6, 6.07) is 3.56. The van der Waals surface area contributed by atoms with Crippen molar-refractivity contribution >= 4 is 17.3 Å². The van der Waals surface area contributed by atoms with E-state index in [9.17, 15) is 9.90 Å². The lowest BCUT2D eigenvalue weighted by Gasteiger charge is -2.35. The molecule has 0 aliphatic rings. The zero-order valence-corrected chi connectivity index (χ0v) is 15.2. The molecular weight excluding hydrogens is 298 g/mol. The number of carbonyl (C=O) groups excluding carboxylic acids is 1. The number of ether oxygens (including phenoxy) is 1. The van der Waals surface area contributed by atoms with Gasteiger partial charge in [0.2, 0.25) is 0 Å². The molecule has 0 fully saturated rings. The molecule has 0 bridgehead atoms. The number of carbonyl (C=O) groups is 1. The number of thiophene rings is 1. The monoisotopic (exact) mass is 327 g/mol. The summed E-state index contributed by atoms with van der Waals surface area (Å²) < 4.78 is 5.11. The van der Waals surface area contributed by atoms with Gasteiger partial charge in [0.25, 0.3) is 0 Å². The van der Waals surface area contributed by atoms with Crippen LogP contribution in [0, 0.1) is 0 Å². The molecular formula is C17H29NO3S. The lowest BCUT2D eigenvalue weighted by molar-refractivity contribution is 0.0511. The molecule has 22 heavy (non-hydrogen) atoms. The quantitative estimate of drug-likeness (QED) is 0.737. The zero-order chi connectivity index (χ0) is 16.8. The van der Waals surface area contributed by atoms with E-state index in [4.69, 9.17) is 4.74 Å². The van der Waals surface area contributed by atoms with Gasteiger partial charge in [-0.25, -0.2) is 4.79 Å². The topological polar surface area (TPSA) is 49.8 Å². The van der Waals surface area contributed by atoms with Crippen molar-refractivity contribution in [3.63, 3.8) is 0 Å². The third-order valence-corrected chi connectivity index (χ3v) is 4.76. The average Bonchev–Trinajstić information content (AvgIpc) is 2.93. The smallest absolute Gasteiger partial charge is 0.348 e. The summed E-state index contributed by atoms with van der Waals surface area (Å²) in [6.45, 7) is 12.8. The lowest BCUT2D eigenvalue weighted by atomic mass is 10.0. The van der Waals surface area contributed by atoms with Crippen LogP contribution in [-0.4, -0.2) is 41.2 Å². The van der Waals surface area contributed by atoms with E-state index in [1.54, 1.807) is 6.07 Å². The van der Waals surface area contributed by atoms with Gasteiger partial charge in [0.15, 0.2) is 0 Å². The standard InChI is InChI=1S/C17H29NO3S/c1-6-12-21-16(20)15-9-8-14(22-15)13(19)10-11-18(7-2)17(3,4)5/h8-9,13,19H,6-7,10-12H2,1-5H3. The van der Waals surface area contributed by atoms with E-state index >= 15 is 0 Å². The second-order valence-electron chi connectivity index (χ2n) is 6.39. The third kappa shape index (κ3) is 5.71. The van der Waals surface area contributed by atoms with Crippen LogP contribution in [-0.2, 0) is 4.74 Å². The van der Waals surface area contributed by atoms with Gasteiger partial charge in [0.1, 0.15) is 4.88 Å². The SMILES string of the molecule is CCCOC(=O)c1ccc(C(O)CCN(CC)C(C)(C)C)s1. The first kappa shape index (κ1) is 19.1. The summed E-state index contributed by atoms with van der Waals surface area (Å²) in [5.41, 5.74) is 0.0963. The van der Waals surface area contributed by atoms with Crippen LogP contribution < -0.4 is 0 Å². The molecule has 126 valence electrons. The van der Waals surface area contributed by atoms with Crippen molar-refractivity contribution in [2.24, 2.45) is 0 Å². The highest BCUT2D eigenvalue weighted by atomic mass is 32.1. The fourth-order valence-corrected chi connectivity index (χ4v) is 3.22. The second kappa shape index (κ2) is 8.65.